The van der Waals surface area contributed by atoms with Crippen LogP contribution < -0.4 is 24.8 Å². The number of ether oxygens (including phenoxy) is 3. The van der Waals surface area contributed by atoms with E-state index in [-0.39, 0.29) is 11.4 Å². The number of amides is 1. The zero-order valence-corrected chi connectivity index (χ0v) is 20.4. The summed E-state index contributed by atoms with van der Waals surface area (Å²) < 4.78 is 31.8. The smallest absolute Gasteiger partial charge is 0.417 e. The third-order valence-corrected chi connectivity index (χ3v) is 6.22. The molecule has 9 heteroatoms. The van der Waals surface area contributed by atoms with Gasteiger partial charge in [0.15, 0.2) is 5.82 Å². The Hall–Kier alpha value is -4.68. The van der Waals surface area contributed by atoms with E-state index >= 15 is 0 Å². The highest BCUT2D eigenvalue weighted by molar-refractivity contribution is 5.88. The predicted octanol–water partition coefficient (Wildman–Crippen LogP) is 6.03. The molecule has 1 aliphatic heterocycles. The van der Waals surface area contributed by atoms with E-state index in [4.69, 9.17) is 14.2 Å². The maximum atomic E-state index is 14.7. The summed E-state index contributed by atoms with van der Waals surface area (Å²) in [5.74, 6) is 1.17. The van der Waals surface area contributed by atoms with Crippen LogP contribution in [0.3, 0.4) is 0 Å². The number of aromatic nitrogens is 1. The van der Waals surface area contributed by atoms with Gasteiger partial charge in [-0.1, -0.05) is 18.2 Å². The van der Waals surface area contributed by atoms with Crippen LogP contribution in [0, 0.1) is 23.1 Å². The second-order valence-corrected chi connectivity index (χ2v) is 8.86. The molecule has 4 aromatic rings. The monoisotopic (exact) mass is 512 g/mol. The zero-order chi connectivity index (χ0) is 26.3. The van der Waals surface area contributed by atoms with Gasteiger partial charge in [0.1, 0.15) is 29.1 Å². The summed E-state index contributed by atoms with van der Waals surface area (Å²) in [7, 11) is 0. The first-order chi connectivity index (χ1) is 18.6. The lowest BCUT2D eigenvalue weighted by Gasteiger charge is -2.23. The quantitative estimate of drug-likeness (QED) is 0.312. The molecule has 0 spiro atoms. The Bertz CT molecular complexity index is 1480. The number of fused-ring (bicyclic) bond motifs is 1. The topological polar surface area (TPSA) is 106 Å². The number of nitrogens with zero attached hydrogens (tertiary/aromatic N) is 2. The first-order valence-corrected chi connectivity index (χ1v) is 12.3. The van der Waals surface area contributed by atoms with Gasteiger partial charge in [0.05, 0.1) is 23.4 Å². The maximum absolute atomic E-state index is 14.7. The van der Waals surface area contributed by atoms with E-state index in [1.54, 1.807) is 54.7 Å². The Balaban J connectivity index is 1.30. The van der Waals surface area contributed by atoms with Crippen molar-refractivity contribution in [3.8, 4) is 29.1 Å². The van der Waals surface area contributed by atoms with Gasteiger partial charge >= 0.3 is 6.09 Å². The van der Waals surface area contributed by atoms with Crippen LogP contribution in [0.2, 0.25) is 0 Å². The van der Waals surface area contributed by atoms with Gasteiger partial charge in [-0.05, 0) is 68.2 Å². The normalized spacial score (nSPS) is 13.5. The number of hydrogen-bond donors (Lipinski definition) is 2. The molecule has 192 valence electrons. The van der Waals surface area contributed by atoms with Crippen LogP contribution in [0.4, 0.5) is 14.9 Å². The highest BCUT2D eigenvalue weighted by Gasteiger charge is 2.17. The van der Waals surface area contributed by atoms with E-state index < -0.39 is 11.9 Å². The molecule has 0 saturated carbocycles. The van der Waals surface area contributed by atoms with E-state index in [0.717, 1.165) is 32.0 Å². The number of para-hydroxylation sites is 1. The molecule has 2 N–H and O–H groups in total. The zero-order valence-electron chi connectivity index (χ0n) is 20.4. The minimum Gasteiger partial charge on any atom is -0.492 e. The molecular formula is C29H25FN4O4. The summed E-state index contributed by atoms with van der Waals surface area (Å²) in [5.41, 5.74) is 0.899. The van der Waals surface area contributed by atoms with Gasteiger partial charge in [0, 0.05) is 23.7 Å². The Morgan fingerprint density at radius 1 is 1.05 bits per heavy atom. The molecule has 0 bridgehead atoms. The van der Waals surface area contributed by atoms with Crippen molar-refractivity contribution >= 4 is 22.7 Å². The van der Waals surface area contributed by atoms with Gasteiger partial charge in [0.25, 0.3) is 0 Å². The van der Waals surface area contributed by atoms with E-state index in [9.17, 15) is 14.4 Å². The number of carbonyl (C=O) groups is 1. The van der Waals surface area contributed by atoms with Crippen molar-refractivity contribution < 1.29 is 23.4 Å². The number of benzene rings is 3. The average Bonchev–Trinajstić information content (AvgIpc) is 2.94. The average molecular weight is 513 g/mol. The van der Waals surface area contributed by atoms with Crippen molar-refractivity contribution in [2.75, 3.05) is 25.0 Å². The molecular weight excluding hydrogens is 487 g/mol. The Labute approximate surface area is 219 Å². The first kappa shape index (κ1) is 25.0. The molecule has 0 aliphatic carbocycles. The lowest BCUT2D eigenvalue weighted by Crippen LogP contribution is -2.30. The number of nitrogens with one attached hydrogen (secondary N) is 2. The number of anilines is 1. The second-order valence-electron chi connectivity index (χ2n) is 8.86. The molecule has 1 fully saturated rings. The molecule has 2 heterocycles. The summed E-state index contributed by atoms with van der Waals surface area (Å²) in [6.07, 6.45) is 2.83. The lowest BCUT2D eigenvalue weighted by molar-refractivity contribution is 0.215. The highest BCUT2D eigenvalue weighted by Crippen LogP contribution is 2.34. The number of carbonyl (C=O) groups excluding carboxylic acids is 1. The Morgan fingerprint density at radius 2 is 1.87 bits per heavy atom. The fourth-order valence-electron chi connectivity index (χ4n) is 4.22. The molecule has 0 radical (unpaired) electrons. The summed E-state index contributed by atoms with van der Waals surface area (Å²) in [4.78, 5) is 16.5. The summed E-state index contributed by atoms with van der Waals surface area (Å²) in [6, 6.07) is 19.8. The number of halogens is 1. The van der Waals surface area contributed by atoms with Gasteiger partial charge in [-0.15, -0.1) is 0 Å². The Morgan fingerprint density at radius 3 is 2.63 bits per heavy atom. The van der Waals surface area contributed by atoms with Crippen molar-refractivity contribution in [2.24, 2.45) is 5.92 Å². The van der Waals surface area contributed by atoms with Gasteiger partial charge < -0.3 is 19.5 Å². The summed E-state index contributed by atoms with van der Waals surface area (Å²) in [5, 5.41) is 16.0. The summed E-state index contributed by atoms with van der Waals surface area (Å²) in [6.45, 7) is 2.47. The fourth-order valence-corrected chi connectivity index (χ4v) is 4.22. The number of rotatable bonds is 7. The van der Waals surface area contributed by atoms with Gasteiger partial charge in [-0.25, -0.2) is 9.18 Å². The van der Waals surface area contributed by atoms with Gasteiger partial charge in [-0.3, -0.25) is 10.3 Å². The van der Waals surface area contributed by atoms with Crippen LogP contribution >= 0.6 is 0 Å². The largest absolute Gasteiger partial charge is 0.492 e. The van der Waals surface area contributed by atoms with Gasteiger partial charge in [0.2, 0.25) is 0 Å². The van der Waals surface area contributed by atoms with Crippen molar-refractivity contribution in [3.63, 3.8) is 0 Å². The molecule has 1 amide bonds. The Kier molecular flexibility index (Phi) is 7.62. The number of piperidine rings is 1. The molecule has 0 atom stereocenters. The molecule has 3 aromatic carbocycles. The molecule has 1 aliphatic rings. The van der Waals surface area contributed by atoms with Crippen molar-refractivity contribution in [2.45, 2.75) is 12.8 Å². The molecule has 1 aromatic heterocycles. The SMILES string of the molecule is N#Cc1cc2c(Oc3ccc(NC(=O)Oc4ccccc4)c(F)c3)ccnc2cc1OCC1CCNCC1. The van der Waals surface area contributed by atoms with E-state index in [1.165, 1.54) is 12.1 Å². The molecule has 38 heavy (non-hydrogen) atoms. The lowest BCUT2D eigenvalue weighted by atomic mass is 9.99. The van der Waals surface area contributed by atoms with Crippen LogP contribution in [0.25, 0.3) is 10.9 Å². The molecule has 0 unspecified atom stereocenters. The number of nitriles is 1. The van der Waals surface area contributed by atoms with Crippen LogP contribution in [0.5, 0.6) is 23.0 Å². The summed E-state index contributed by atoms with van der Waals surface area (Å²) >= 11 is 0. The van der Waals surface area contributed by atoms with Gasteiger partial charge in [-0.2, -0.15) is 5.26 Å². The molecule has 1 saturated heterocycles. The van der Waals surface area contributed by atoms with E-state index in [2.05, 4.69) is 21.7 Å². The van der Waals surface area contributed by atoms with Crippen molar-refractivity contribution in [3.05, 3.63) is 84.3 Å². The van der Waals surface area contributed by atoms with Crippen LogP contribution in [0.1, 0.15) is 18.4 Å². The molecule has 5 rings (SSSR count). The third-order valence-electron chi connectivity index (χ3n) is 6.22. The minimum atomic E-state index is -0.814. The van der Waals surface area contributed by atoms with Crippen molar-refractivity contribution in [1.82, 2.24) is 10.3 Å². The number of pyridine rings is 1. The van der Waals surface area contributed by atoms with E-state index in [0.29, 0.717) is 46.2 Å². The fraction of sp³-hybridized carbons (Fsp3) is 0.207. The van der Waals surface area contributed by atoms with E-state index in [1.807, 2.05) is 0 Å². The maximum Gasteiger partial charge on any atom is 0.417 e. The first-order valence-electron chi connectivity index (χ1n) is 12.3. The number of hydrogen-bond acceptors (Lipinski definition) is 7. The second kappa shape index (κ2) is 11.6. The van der Waals surface area contributed by atoms with Crippen molar-refractivity contribution in [1.29, 1.82) is 5.26 Å². The highest BCUT2D eigenvalue weighted by atomic mass is 19.1. The third kappa shape index (κ3) is 5.99. The van der Waals surface area contributed by atoms with Crippen LogP contribution in [0.15, 0.2) is 72.9 Å². The predicted molar refractivity (Wildman–Crippen MR) is 140 cm³/mol. The standard InChI is InChI=1S/C29H25FN4O4/c30-24-15-22(6-7-25(24)34-29(35)38-21-4-2-1-3-5-21)37-27-10-13-33-26-16-28(20(17-31)14-23(26)27)36-18-19-8-11-32-12-9-19/h1-7,10,13-16,19,32H,8-9,11-12,18H2,(H,34,35). The van der Waals surface area contributed by atoms with Crippen LogP contribution in [-0.4, -0.2) is 30.8 Å². The molecule has 8 nitrogen and oxygen atoms in total. The van der Waals surface area contributed by atoms with Crippen LogP contribution in [-0.2, 0) is 0 Å². The minimum absolute atomic E-state index is 0.0554.